The van der Waals surface area contributed by atoms with E-state index in [4.69, 9.17) is 16.2 Å². The monoisotopic (exact) mass is 313 g/mol. The van der Waals surface area contributed by atoms with E-state index in [0.717, 1.165) is 49.8 Å². The largest absolute Gasteiger partial charge is 0.288 e. The lowest BCUT2D eigenvalue weighted by atomic mass is 9.61. The minimum atomic E-state index is -2.13. The zero-order chi connectivity index (χ0) is 14.6. The Morgan fingerprint density at radius 1 is 1.40 bits per heavy atom. The molecule has 1 fully saturated rings. The highest BCUT2D eigenvalue weighted by Crippen LogP contribution is 2.46. The van der Waals surface area contributed by atoms with Gasteiger partial charge in [0.1, 0.15) is 0 Å². The summed E-state index contributed by atoms with van der Waals surface area (Å²) in [7, 11) is 0. The predicted octanol–water partition coefficient (Wildman–Crippen LogP) is 4.53. The number of nitrogens with zero attached hydrogens (tertiary/aromatic N) is 1. The number of rotatable bonds is 6. The lowest BCUT2D eigenvalue weighted by Gasteiger charge is -2.43. The smallest absolute Gasteiger partial charge is 0.281 e. The molecule has 1 N–H and O–H groups in total. The summed E-state index contributed by atoms with van der Waals surface area (Å²) in [6.07, 6.45) is 5.94. The Hall–Kier alpha value is -0.710. The van der Waals surface area contributed by atoms with Crippen LogP contribution in [0.3, 0.4) is 0 Å². The zero-order valence-corrected chi connectivity index (χ0v) is 13.2. The number of hydrogen-bond donors (Lipinski definition) is 1. The van der Waals surface area contributed by atoms with Crippen LogP contribution in [0.2, 0.25) is 5.02 Å². The fourth-order valence-electron chi connectivity index (χ4n) is 2.85. The van der Waals surface area contributed by atoms with E-state index in [9.17, 15) is 4.21 Å². The molecule has 0 heterocycles. The Morgan fingerprint density at radius 2 is 2.05 bits per heavy atom. The highest BCUT2D eigenvalue weighted by atomic mass is 35.5. The SMILES string of the molecule is CCCCC(=NS(=O)O)C1(c2ccc(Cl)cc2)CCC1. The molecule has 20 heavy (non-hydrogen) atoms. The summed E-state index contributed by atoms with van der Waals surface area (Å²) in [4.78, 5) is 0. The number of halogens is 1. The summed E-state index contributed by atoms with van der Waals surface area (Å²) in [6, 6.07) is 7.79. The molecule has 0 aromatic heterocycles. The molecule has 110 valence electrons. The van der Waals surface area contributed by atoms with Crippen molar-refractivity contribution in [2.24, 2.45) is 4.40 Å². The summed E-state index contributed by atoms with van der Waals surface area (Å²) in [5.74, 6) is 0. The van der Waals surface area contributed by atoms with Crippen LogP contribution in [-0.2, 0) is 16.7 Å². The molecule has 0 spiro atoms. The van der Waals surface area contributed by atoms with E-state index in [2.05, 4.69) is 11.3 Å². The van der Waals surface area contributed by atoms with Gasteiger partial charge in [-0.15, -0.1) is 0 Å². The molecule has 0 aliphatic heterocycles. The van der Waals surface area contributed by atoms with Crippen LogP contribution in [0.4, 0.5) is 0 Å². The first-order chi connectivity index (χ1) is 9.58. The fourth-order valence-corrected chi connectivity index (χ4v) is 3.43. The second kappa shape index (κ2) is 6.83. The second-order valence-corrected chi connectivity index (χ2v) is 6.40. The highest BCUT2D eigenvalue weighted by molar-refractivity contribution is 7.78. The van der Waals surface area contributed by atoms with E-state index in [1.807, 2.05) is 24.3 Å². The minimum absolute atomic E-state index is 0.155. The Morgan fingerprint density at radius 3 is 2.50 bits per heavy atom. The van der Waals surface area contributed by atoms with Gasteiger partial charge in [-0.2, -0.15) is 4.40 Å². The van der Waals surface area contributed by atoms with E-state index in [-0.39, 0.29) is 5.41 Å². The van der Waals surface area contributed by atoms with Crippen LogP contribution in [0.15, 0.2) is 28.7 Å². The van der Waals surface area contributed by atoms with Crippen molar-refractivity contribution in [3.8, 4) is 0 Å². The van der Waals surface area contributed by atoms with Crippen molar-refractivity contribution < 1.29 is 8.76 Å². The summed E-state index contributed by atoms with van der Waals surface area (Å²) >= 11 is 3.82. The van der Waals surface area contributed by atoms with Gasteiger partial charge in [0.05, 0.1) is 0 Å². The zero-order valence-electron chi connectivity index (χ0n) is 11.6. The van der Waals surface area contributed by atoms with Gasteiger partial charge < -0.3 is 0 Å². The molecular formula is C15H20ClNO2S. The van der Waals surface area contributed by atoms with Crippen LogP contribution in [0.1, 0.15) is 51.0 Å². The molecule has 1 aromatic carbocycles. The molecule has 1 aliphatic carbocycles. The van der Waals surface area contributed by atoms with E-state index < -0.39 is 11.3 Å². The van der Waals surface area contributed by atoms with Crippen LogP contribution in [0, 0.1) is 0 Å². The van der Waals surface area contributed by atoms with Gasteiger partial charge in [0.2, 0.25) is 0 Å². The Balaban J connectivity index is 2.36. The quantitative estimate of drug-likeness (QED) is 0.619. The lowest BCUT2D eigenvalue weighted by molar-refractivity contribution is 0.335. The van der Waals surface area contributed by atoms with E-state index in [1.165, 1.54) is 0 Å². The van der Waals surface area contributed by atoms with Crippen molar-refractivity contribution in [1.82, 2.24) is 0 Å². The molecule has 1 aromatic rings. The molecule has 2 rings (SSSR count). The third-order valence-corrected chi connectivity index (χ3v) is 4.74. The molecule has 1 unspecified atom stereocenters. The molecule has 0 radical (unpaired) electrons. The Bertz CT molecular complexity index is 509. The van der Waals surface area contributed by atoms with Gasteiger partial charge in [0.25, 0.3) is 11.3 Å². The maximum Gasteiger partial charge on any atom is 0.281 e. The summed E-state index contributed by atoms with van der Waals surface area (Å²) in [6.45, 7) is 2.11. The van der Waals surface area contributed by atoms with Crippen molar-refractivity contribution in [2.45, 2.75) is 50.9 Å². The standard InChI is InChI=1S/C15H20ClNO2S/c1-2-3-5-14(17-20(18)19)15(10-4-11-15)12-6-8-13(16)9-7-12/h6-9H,2-5,10-11H2,1H3,(H,18,19). The van der Waals surface area contributed by atoms with Crippen LogP contribution in [-0.4, -0.2) is 14.5 Å². The van der Waals surface area contributed by atoms with Gasteiger partial charge in [-0.3, -0.25) is 4.55 Å². The first-order valence-corrected chi connectivity index (χ1v) is 8.48. The van der Waals surface area contributed by atoms with Gasteiger partial charge >= 0.3 is 0 Å². The van der Waals surface area contributed by atoms with Crippen molar-refractivity contribution in [3.63, 3.8) is 0 Å². The van der Waals surface area contributed by atoms with Crippen molar-refractivity contribution in [1.29, 1.82) is 0 Å². The van der Waals surface area contributed by atoms with Crippen LogP contribution >= 0.6 is 11.6 Å². The second-order valence-electron chi connectivity index (χ2n) is 5.31. The molecule has 1 atom stereocenters. The fraction of sp³-hybridized carbons (Fsp3) is 0.533. The van der Waals surface area contributed by atoms with Crippen molar-refractivity contribution in [3.05, 3.63) is 34.9 Å². The average Bonchev–Trinajstić information content (AvgIpc) is 2.36. The van der Waals surface area contributed by atoms with Crippen LogP contribution < -0.4 is 0 Å². The summed E-state index contributed by atoms with van der Waals surface area (Å²) in [5, 5.41) is 0.709. The third kappa shape index (κ3) is 3.30. The Kier molecular flexibility index (Phi) is 5.35. The van der Waals surface area contributed by atoms with Gasteiger partial charge in [0, 0.05) is 16.1 Å². The van der Waals surface area contributed by atoms with E-state index >= 15 is 0 Å². The minimum Gasteiger partial charge on any atom is -0.288 e. The summed E-state index contributed by atoms with van der Waals surface area (Å²) in [5.41, 5.74) is 1.88. The maximum absolute atomic E-state index is 11.1. The molecule has 1 aliphatic rings. The first-order valence-electron chi connectivity index (χ1n) is 7.03. The highest BCUT2D eigenvalue weighted by Gasteiger charge is 2.43. The predicted molar refractivity (Wildman–Crippen MR) is 84.7 cm³/mol. The van der Waals surface area contributed by atoms with Gasteiger partial charge in [-0.1, -0.05) is 43.5 Å². The van der Waals surface area contributed by atoms with E-state index in [0.29, 0.717) is 5.02 Å². The number of hydrogen-bond acceptors (Lipinski definition) is 1. The molecule has 0 bridgehead atoms. The first kappa shape index (κ1) is 15.7. The normalized spacial score (nSPS) is 19.4. The molecule has 3 nitrogen and oxygen atoms in total. The van der Waals surface area contributed by atoms with E-state index in [1.54, 1.807) is 0 Å². The van der Waals surface area contributed by atoms with Gasteiger partial charge in [-0.05, 0) is 43.4 Å². The Labute approximate surface area is 127 Å². The molecule has 0 saturated heterocycles. The average molecular weight is 314 g/mol. The van der Waals surface area contributed by atoms with Crippen molar-refractivity contribution in [2.75, 3.05) is 0 Å². The topological polar surface area (TPSA) is 49.7 Å². The van der Waals surface area contributed by atoms with Gasteiger partial charge in [-0.25, -0.2) is 4.21 Å². The number of benzene rings is 1. The maximum atomic E-state index is 11.1. The van der Waals surface area contributed by atoms with Crippen LogP contribution in [0.25, 0.3) is 0 Å². The summed E-state index contributed by atoms with van der Waals surface area (Å²) < 4.78 is 24.3. The van der Waals surface area contributed by atoms with Crippen LogP contribution in [0.5, 0.6) is 0 Å². The molecule has 5 heteroatoms. The third-order valence-electron chi connectivity index (χ3n) is 4.11. The molecule has 1 saturated carbocycles. The molecule has 0 amide bonds. The van der Waals surface area contributed by atoms with Gasteiger partial charge in [0.15, 0.2) is 0 Å². The van der Waals surface area contributed by atoms with Crippen molar-refractivity contribution >= 4 is 28.6 Å². The lowest BCUT2D eigenvalue weighted by Crippen LogP contribution is -2.42. The molecular weight excluding hydrogens is 294 g/mol. The number of unbranched alkanes of at least 4 members (excludes halogenated alkanes) is 1.